The summed E-state index contributed by atoms with van der Waals surface area (Å²) >= 11 is 1.39. The first kappa shape index (κ1) is 19.5. The number of aryl methyl sites for hydroxylation is 1. The molecule has 0 spiro atoms. The molecule has 0 saturated heterocycles. The minimum absolute atomic E-state index is 0. The standard InChI is InChI=1S/C16H20FN3OS.ClH/c1-4-9(2)13(18)15(21)20-16-19-14(10(3)22-16)11-5-7-12(17)8-6-11;/h5-9,13H,4,18H2,1-3H3,(H,19,20,21);1H. The smallest absolute Gasteiger partial charge is 0.243 e. The molecule has 4 nitrogen and oxygen atoms in total. The van der Waals surface area contributed by atoms with Crippen molar-refractivity contribution in [3.05, 3.63) is 35.0 Å². The van der Waals surface area contributed by atoms with E-state index in [0.29, 0.717) is 5.13 Å². The van der Waals surface area contributed by atoms with E-state index in [1.54, 1.807) is 12.1 Å². The van der Waals surface area contributed by atoms with Gasteiger partial charge in [0.05, 0.1) is 11.7 Å². The van der Waals surface area contributed by atoms with Crippen molar-refractivity contribution in [1.82, 2.24) is 4.98 Å². The van der Waals surface area contributed by atoms with Crippen molar-refractivity contribution in [3.8, 4) is 11.3 Å². The molecule has 0 bridgehead atoms. The lowest BCUT2D eigenvalue weighted by atomic mass is 10.00. The maximum absolute atomic E-state index is 13.0. The van der Waals surface area contributed by atoms with Gasteiger partial charge >= 0.3 is 0 Å². The first-order chi connectivity index (χ1) is 10.4. The van der Waals surface area contributed by atoms with Crippen molar-refractivity contribution in [2.75, 3.05) is 5.32 Å². The second-order valence-electron chi connectivity index (χ2n) is 5.33. The van der Waals surface area contributed by atoms with Crippen LogP contribution in [0.2, 0.25) is 0 Å². The number of benzene rings is 1. The Balaban J connectivity index is 0.00000264. The van der Waals surface area contributed by atoms with Crippen LogP contribution in [0.3, 0.4) is 0 Å². The fourth-order valence-electron chi connectivity index (χ4n) is 2.03. The highest BCUT2D eigenvalue weighted by Crippen LogP contribution is 2.30. The zero-order chi connectivity index (χ0) is 16.3. The van der Waals surface area contributed by atoms with Crippen LogP contribution in [-0.2, 0) is 4.79 Å². The molecule has 1 amide bonds. The number of nitrogens with two attached hydrogens (primary N) is 1. The first-order valence-corrected chi connectivity index (χ1v) is 8.03. The van der Waals surface area contributed by atoms with Gasteiger partial charge in [-0.2, -0.15) is 0 Å². The molecule has 1 aromatic heterocycles. The van der Waals surface area contributed by atoms with Crippen molar-refractivity contribution in [2.24, 2.45) is 11.7 Å². The normalized spacial score (nSPS) is 13.1. The molecule has 0 aliphatic heterocycles. The van der Waals surface area contributed by atoms with Crippen LogP contribution >= 0.6 is 23.7 Å². The van der Waals surface area contributed by atoms with Crippen LogP contribution in [0.1, 0.15) is 25.1 Å². The third kappa shape index (κ3) is 4.73. The number of carbonyl (C=O) groups excluding carboxylic acids is 1. The van der Waals surface area contributed by atoms with Crippen molar-refractivity contribution in [3.63, 3.8) is 0 Å². The topological polar surface area (TPSA) is 68.0 Å². The maximum Gasteiger partial charge on any atom is 0.243 e. The molecule has 0 saturated carbocycles. The van der Waals surface area contributed by atoms with E-state index in [-0.39, 0.29) is 30.0 Å². The van der Waals surface area contributed by atoms with Gasteiger partial charge in [0.25, 0.3) is 0 Å². The number of nitrogens with zero attached hydrogens (tertiary/aromatic N) is 1. The van der Waals surface area contributed by atoms with E-state index in [1.807, 2.05) is 20.8 Å². The SMILES string of the molecule is CCC(C)C(N)C(=O)Nc1nc(-c2ccc(F)cc2)c(C)s1.Cl. The molecule has 126 valence electrons. The van der Waals surface area contributed by atoms with Gasteiger partial charge in [0.2, 0.25) is 5.91 Å². The summed E-state index contributed by atoms with van der Waals surface area (Å²) in [7, 11) is 0. The Bertz CT molecular complexity index is 660. The molecule has 3 N–H and O–H groups in total. The minimum atomic E-state index is -0.552. The summed E-state index contributed by atoms with van der Waals surface area (Å²) in [6, 6.07) is 5.58. The molecule has 1 heterocycles. The average molecular weight is 358 g/mol. The van der Waals surface area contributed by atoms with Crippen LogP contribution in [0, 0.1) is 18.7 Å². The van der Waals surface area contributed by atoms with E-state index in [4.69, 9.17) is 5.73 Å². The lowest BCUT2D eigenvalue weighted by Gasteiger charge is -2.16. The molecule has 1 aromatic carbocycles. The summed E-state index contributed by atoms with van der Waals surface area (Å²) in [5.74, 6) is -0.406. The lowest BCUT2D eigenvalue weighted by Crippen LogP contribution is -2.40. The number of hydrogen-bond acceptors (Lipinski definition) is 4. The van der Waals surface area contributed by atoms with Gasteiger partial charge in [-0.1, -0.05) is 20.3 Å². The number of nitrogens with one attached hydrogen (secondary N) is 1. The molecular weight excluding hydrogens is 337 g/mol. The van der Waals surface area contributed by atoms with Gasteiger partial charge in [0.1, 0.15) is 5.82 Å². The Morgan fingerprint density at radius 3 is 2.57 bits per heavy atom. The monoisotopic (exact) mass is 357 g/mol. The molecule has 2 atom stereocenters. The van der Waals surface area contributed by atoms with Gasteiger partial charge in [-0.05, 0) is 37.1 Å². The summed E-state index contributed by atoms with van der Waals surface area (Å²) in [4.78, 5) is 17.5. The summed E-state index contributed by atoms with van der Waals surface area (Å²) in [5.41, 5.74) is 7.48. The highest BCUT2D eigenvalue weighted by Gasteiger charge is 2.21. The van der Waals surface area contributed by atoms with Gasteiger partial charge in [0, 0.05) is 10.4 Å². The Hall–Kier alpha value is -1.50. The average Bonchev–Trinajstić information content (AvgIpc) is 2.86. The lowest BCUT2D eigenvalue weighted by molar-refractivity contribution is -0.118. The van der Waals surface area contributed by atoms with E-state index in [9.17, 15) is 9.18 Å². The molecular formula is C16H21ClFN3OS. The Labute approximate surface area is 145 Å². The van der Waals surface area contributed by atoms with Crippen molar-refractivity contribution < 1.29 is 9.18 Å². The maximum atomic E-state index is 13.0. The summed E-state index contributed by atoms with van der Waals surface area (Å²) in [6.45, 7) is 5.86. The van der Waals surface area contributed by atoms with Gasteiger partial charge in [-0.25, -0.2) is 9.37 Å². The summed E-state index contributed by atoms with van der Waals surface area (Å²) < 4.78 is 13.0. The van der Waals surface area contributed by atoms with Crippen molar-refractivity contribution in [2.45, 2.75) is 33.2 Å². The van der Waals surface area contributed by atoms with E-state index in [0.717, 1.165) is 22.6 Å². The second kappa shape index (κ2) is 8.38. The van der Waals surface area contributed by atoms with E-state index >= 15 is 0 Å². The molecule has 2 rings (SSSR count). The molecule has 0 fully saturated rings. The van der Waals surface area contributed by atoms with E-state index in [1.165, 1.54) is 23.5 Å². The van der Waals surface area contributed by atoms with Crippen molar-refractivity contribution in [1.29, 1.82) is 0 Å². The summed E-state index contributed by atoms with van der Waals surface area (Å²) in [5, 5.41) is 3.28. The Kier molecular flexibility index (Phi) is 7.12. The van der Waals surface area contributed by atoms with Gasteiger partial charge in [0.15, 0.2) is 5.13 Å². The fraction of sp³-hybridized carbons (Fsp3) is 0.375. The highest BCUT2D eigenvalue weighted by atomic mass is 35.5. The molecule has 7 heteroatoms. The number of carbonyl (C=O) groups is 1. The highest BCUT2D eigenvalue weighted by molar-refractivity contribution is 7.16. The van der Waals surface area contributed by atoms with Crippen LogP contribution in [0.4, 0.5) is 9.52 Å². The van der Waals surface area contributed by atoms with Crippen LogP contribution in [-0.4, -0.2) is 16.9 Å². The number of halogens is 2. The number of thiazole rings is 1. The van der Waals surface area contributed by atoms with E-state index < -0.39 is 6.04 Å². The zero-order valence-corrected chi connectivity index (χ0v) is 14.9. The quantitative estimate of drug-likeness (QED) is 0.850. The Morgan fingerprint density at radius 1 is 1.39 bits per heavy atom. The molecule has 0 aliphatic carbocycles. The molecule has 2 aromatic rings. The van der Waals surface area contributed by atoms with Crippen LogP contribution in [0.25, 0.3) is 11.3 Å². The van der Waals surface area contributed by atoms with Crippen LogP contribution < -0.4 is 11.1 Å². The first-order valence-electron chi connectivity index (χ1n) is 7.22. The molecule has 0 aliphatic rings. The predicted molar refractivity (Wildman–Crippen MR) is 95.6 cm³/mol. The number of amides is 1. The fourth-order valence-corrected chi connectivity index (χ4v) is 2.87. The second-order valence-corrected chi connectivity index (χ2v) is 6.53. The number of hydrogen-bond donors (Lipinski definition) is 2. The largest absolute Gasteiger partial charge is 0.320 e. The Morgan fingerprint density at radius 2 is 2.00 bits per heavy atom. The van der Waals surface area contributed by atoms with E-state index in [2.05, 4.69) is 10.3 Å². The third-order valence-electron chi connectivity index (χ3n) is 3.70. The summed E-state index contributed by atoms with van der Waals surface area (Å²) in [6.07, 6.45) is 0.840. The molecule has 2 unspecified atom stereocenters. The number of aromatic nitrogens is 1. The van der Waals surface area contributed by atoms with Gasteiger partial charge < -0.3 is 11.1 Å². The third-order valence-corrected chi connectivity index (χ3v) is 4.59. The minimum Gasteiger partial charge on any atom is -0.320 e. The predicted octanol–water partition coefficient (Wildman–Crippen LogP) is 3.99. The van der Waals surface area contributed by atoms with Crippen LogP contribution in [0.15, 0.2) is 24.3 Å². The molecule has 23 heavy (non-hydrogen) atoms. The molecule has 0 radical (unpaired) electrons. The van der Waals surface area contributed by atoms with Gasteiger partial charge in [-0.3, -0.25) is 4.79 Å². The number of rotatable bonds is 5. The number of anilines is 1. The van der Waals surface area contributed by atoms with Crippen LogP contribution in [0.5, 0.6) is 0 Å². The van der Waals surface area contributed by atoms with Crippen molar-refractivity contribution >= 4 is 34.8 Å². The zero-order valence-electron chi connectivity index (χ0n) is 13.3. The van der Waals surface area contributed by atoms with Gasteiger partial charge in [-0.15, -0.1) is 23.7 Å².